The molecule has 0 spiro atoms. The number of carbonyl (C=O) groups excluding carboxylic acids is 2. The fourth-order valence-electron chi connectivity index (χ4n) is 3.20. The highest BCUT2D eigenvalue weighted by Crippen LogP contribution is 2.33. The lowest BCUT2D eigenvalue weighted by Gasteiger charge is -2.14. The van der Waals surface area contributed by atoms with Gasteiger partial charge in [0.15, 0.2) is 0 Å². The molecule has 3 N–H and O–H groups in total. The smallest absolute Gasteiger partial charge is 0.261 e. The quantitative estimate of drug-likeness (QED) is 0.421. The molecule has 7 nitrogen and oxygen atoms in total. The van der Waals surface area contributed by atoms with Crippen LogP contribution in [-0.2, 0) is 6.54 Å². The van der Waals surface area contributed by atoms with Crippen LogP contribution in [0.25, 0.3) is 16.0 Å². The van der Waals surface area contributed by atoms with E-state index in [1.807, 2.05) is 53.9 Å². The summed E-state index contributed by atoms with van der Waals surface area (Å²) in [5.41, 5.74) is 8.27. The van der Waals surface area contributed by atoms with Crippen molar-refractivity contribution in [3.8, 4) is 5.69 Å². The van der Waals surface area contributed by atoms with Gasteiger partial charge in [-0.05, 0) is 48.0 Å². The number of halogens is 1. The average Bonchev–Trinajstić information content (AvgIpc) is 3.31. The normalized spacial score (nSPS) is 10.9. The summed E-state index contributed by atoms with van der Waals surface area (Å²) in [6, 6.07) is 16.7. The summed E-state index contributed by atoms with van der Waals surface area (Å²) in [6.07, 6.45) is 0. The van der Waals surface area contributed by atoms with Crippen molar-refractivity contribution >= 4 is 55.4 Å². The molecule has 0 saturated heterocycles. The number of carbonyl (C=O) groups is 2. The second-order valence-corrected chi connectivity index (χ2v) is 9.11. The molecule has 2 aromatic heterocycles. The molecule has 0 aliphatic heterocycles. The topological polar surface area (TPSA) is 93.2 Å². The summed E-state index contributed by atoms with van der Waals surface area (Å²) in [5, 5.41) is 2.90. The van der Waals surface area contributed by atoms with Gasteiger partial charge in [0.2, 0.25) is 11.9 Å². The second-order valence-electron chi connectivity index (χ2n) is 7.17. The minimum atomic E-state index is -0.495. The van der Waals surface area contributed by atoms with Crippen LogP contribution in [0.5, 0.6) is 0 Å². The lowest BCUT2D eigenvalue weighted by atomic mass is 10.1. The molecular weight excluding hydrogens is 478 g/mol. The molecule has 0 radical (unpaired) electrons. The third-order valence-electron chi connectivity index (χ3n) is 4.69. The maximum Gasteiger partial charge on any atom is 0.261 e. The fraction of sp³-hybridized carbons (Fsp3) is 0.136. The second kappa shape index (κ2) is 8.52. The van der Waals surface area contributed by atoms with E-state index in [2.05, 4.69) is 21.2 Å². The maximum absolute atomic E-state index is 12.8. The van der Waals surface area contributed by atoms with E-state index in [4.69, 9.17) is 10.7 Å². The van der Waals surface area contributed by atoms with Crippen molar-refractivity contribution in [1.82, 2.24) is 14.9 Å². The van der Waals surface area contributed by atoms with Gasteiger partial charge in [-0.15, -0.1) is 11.3 Å². The Bertz CT molecular complexity index is 1280. The first kappa shape index (κ1) is 21.1. The average molecular weight is 498 g/mol. The number of nitrogens with zero attached hydrogens (tertiary/aromatic N) is 3. The Morgan fingerprint density at radius 1 is 1.16 bits per heavy atom. The monoisotopic (exact) mass is 497 g/mol. The summed E-state index contributed by atoms with van der Waals surface area (Å²) in [6.45, 7) is 0.297. The summed E-state index contributed by atoms with van der Waals surface area (Å²) in [7, 11) is 3.88. The van der Waals surface area contributed by atoms with Crippen LogP contribution in [-0.4, -0.2) is 35.5 Å². The Morgan fingerprint density at radius 3 is 2.58 bits per heavy atom. The van der Waals surface area contributed by atoms with Crippen LogP contribution in [0, 0.1) is 0 Å². The number of rotatable bonds is 6. The molecular formula is C22H20BrN5O2S. The Balaban J connectivity index is 1.62. The van der Waals surface area contributed by atoms with Gasteiger partial charge in [-0.1, -0.05) is 28.1 Å². The van der Waals surface area contributed by atoms with E-state index in [1.54, 1.807) is 24.3 Å². The van der Waals surface area contributed by atoms with Crippen molar-refractivity contribution in [3.05, 3.63) is 75.1 Å². The van der Waals surface area contributed by atoms with Crippen molar-refractivity contribution in [2.45, 2.75) is 6.54 Å². The molecule has 4 rings (SSSR count). The highest BCUT2D eigenvalue weighted by molar-refractivity contribution is 9.10. The number of hydrogen-bond donors (Lipinski definition) is 2. The molecule has 0 saturated carbocycles. The first-order valence-electron chi connectivity index (χ1n) is 9.46. The summed E-state index contributed by atoms with van der Waals surface area (Å²) >= 11 is 4.86. The van der Waals surface area contributed by atoms with Crippen molar-refractivity contribution < 1.29 is 9.59 Å². The number of aromatic nitrogens is 2. The van der Waals surface area contributed by atoms with Crippen LogP contribution in [0.15, 0.2) is 59.1 Å². The number of amides is 2. The number of thiophene rings is 1. The van der Waals surface area contributed by atoms with E-state index in [1.165, 1.54) is 11.3 Å². The third kappa shape index (κ3) is 4.33. The molecule has 0 aliphatic carbocycles. The van der Waals surface area contributed by atoms with Gasteiger partial charge >= 0.3 is 0 Å². The van der Waals surface area contributed by atoms with Crippen molar-refractivity contribution in [1.29, 1.82) is 0 Å². The molecule has 9 heteroatoms. The van der Waals surface area contributed by atoms with Gasteiger partial charge in [-0.25, -0.2) is 4.98 Å². The number of nitrogens with two attached hydrogens (primary N) is 1. The van der Waals surface area contributed by atoms with Gasteiger partial charge in [0.25, 0.3) is 5.91 Å². The zero-order chi connectivity index (χ0) is 22.1. The standard InChI is InChI=1S/C22H20BrN5O2S/c1-27(2)22-26-17-11-18(31-21(17)28(22)16-8-6-15(23)7-9-16)20(30)25-12-13-4-3-5-14(10-13)19(24)29/h3-11H,12H2,1-2H3,(H2,24,29)(H,25,30). The number of primary amides is 1. The number of anilines is 1. The molecule has 0 fully saturated rings. The molecule has 0 bridgehead atoms. The SMILES string of the molecule is CN(C)c1nc2cc(C(=O)NCc3cccc(C(N)=O)c3)sc2n1-c1ccc(Br)cc1. The summed E-state index contributed by atoms with van der Waals surface area (Å²) in [5.74, 6) is 0.102. The molecule has 158 valence electrons. The van der Waals surface area contributed by atoms with Gasteiger partial charge in [-0.3, -0.25) is 14.2 Å². The van der Waals surface area contributed by atoms with Gasteiger partial charge in [0.05, 0.1) is 4.88 Å². The van der Waals surface area contributed by atoms with Crippen LogP contribution >= 0.6 is 27.3 Å². The van der Waals surface area contributed by atoms with Crippen LogP contribution in [0.1, 0.15) is 25.6 Å². The van der Waals surface area contributed by atoms with Crippen molar-refractivity contribution in [2.24, 2.45) is 5.73 Å². The third-order valence-corrected chi connectivity index (χ3v) is 6.33. The van der Waals surface area contributed by atoms with Crippen LogP contribution in [0.3, 0.4) is 0 Å². The van der Waals surface area contributed by atoms with E-state index in [0.29, 0.717) is 17.0 Å². The van der Waals surface area contributed by atoms with E-state index in [-0.39, 0.29) is 5.91 Å². The molecule has 0 atom stereocenters. The highest BCUT2D eigenvalue weighted by atomic mass is 79.9. The lowest BCUT2D eigenvalue weighted by Crippen LogP contribution is -2.22. The molecule has 2 amide bonds. The van der Waals surface area contributed by atoms with Gasteiger partial charge in [0.1, 0.15) is 10.3 Å². The van der Waals surface area contributed by atoms with E-state index in [0.717, 1.165) is 32.0 Å². The number of imidazole rings is 1. The Morgan fingerprint density at radius 2 is 1.90 bits per heavy atom. The lowest BCUT2D eigenvalue weighted by molar-refractivity contribution is 0.0954. The van der Waals surface area contributed by atoms with Crippen molar-refractivity contribution in [3.63, 3.8) is 0 Å². The van der Waals surface area contributed by atoms with Crippen molar-refractivity contribution in [2.75, 3.05) is 19.0 Å². The highest BCUT2D eigenvalue weighted by Gasteiger charge is 2.20. The van der Waals surface area contributed by atoms with Gasteiger partial charge in [0, 0.05) is 36.4 Å². The predicted molar refractivity (Wildman–Crippen MR) is 127 cm³/mol. The van der Waals surface area contributed by atoms with E-state index >= 15 is 0 Å². The van der Waals surface area contributed by atoms with E-state index in [9.17, 15) is 9.59 Å². The molecule has 31 heavy (non-hydrogen) atoms. The Hall–Kier alpha value is -3.17. The number of benzene rings is 2. The zero-order valence-electron chi connectivity index (χ0n) is 16.9. The number of fused-ring (bicyclic) bond motifs is 1. The van der Waals surface area contributed by atoms with Crippen LogP contribution in [0.4, 0.5) is 5.95 Å². The number of hydrogen-bond acceptors (Lipinski definition) is 5. The molecule has 2 aromatic carbocycles. The Kier molecular flexibility index (Phi) is 5.79. The first-order valence-corrected chi connectivity index (χ1v) is 11.1. The molecule has 2 heterocycles. The Labute approximate surface area is 191 Å². The summed E-state index contributed by atoms with van der Waals surface area (Å²) in [4.78, 5) is 32.2. The summed E-state index contributed by atoms with van der Waals surface area (Å²) < 4.78 is 3.03. The largest absolute Gasteiger partial charge is 0.366 e. The van der Waals surface area contributed by atoms with Gasteiger partial charge in [-0.2, -0.15) is 0 Å². The molecule has 4 aromatic rings. The maximum atomic E-state index is 12.8. The van der Waals surface area contributed by atoms with Crippen LogP contribution < -0.4 is 16.0 Å². The molecule has 0 unspecified atom stereocenters. The first-order chi connectivity index (χ1) is 14.8. The minimum Gasteiger partial charge on any atom is -0.366 e. The number of nitrogens with one attached hydrogen (secondary N) is 1. The molecule has 0 aliphatic rings. The van der Waals surface area contributed by atoms with Crippen LogP contribution in [0.2, 0.25) is 0 Å². The minimum absolute atomic E-state index is 0.193. The zero-order valence-corrected chi connectivity index (χ0v) is 19.3. The van der Waals surface area contributed by atoms with E-state index < -0.39 is 5.91 Å². The predicted octanol–water partition coefficient (Wildman–Crippen LogP) is 3.94. The fourth-order valence-corrected chi connectivity index (χ4v) is 4.50. The van der Waals surface area contributed by atoms with Gasteiger partial charge < -0.3 is 16.0 Å².